The summed E-state index contributed by atoms with van der Waals surface area (Å²) < 4.78 is 16.8. The van der Waals surface area contributed by atoms with Gasteiger partial charge in [-0.05, 0) is 52.0 Å². The summed E-state index contributed by atoms with van der Waals surface area (Å²) in [6, 6.07) is 15.0. The number of hydrazine groups is 1. The van der Waals surface area contributed by atoms with Crippen LogP contribution in [0.1, 0.15) is 33.3 Å². The first kappa shape index (κ1) is 29.4. The van der Waals surface area contributed by atoms with Crippen LogP contribution in [0.2, 0.25) is 0 Å². The molecule has 12 nitrogen and oxygen atoms in total. The Labute approximate surface area is 240 Å². The van der Waals surface area contributed by atoms with Gasteiger partial charge in [-0.25, -0.2) is 9.78 Å². The number of anilines is 5. The van der Waals surface area contributed by atoms with Gasteiger partial charge in [0.15, 0.2) is 5.82 Å². The summed E-state index contributed by atoms with van der Waals surface area (Å²) in [7, 11) is 3.07. The largest absolute Gasteiger partial charge is 0.494 e. The van der Waals surface area contributed by atoms with Crippen molar-refractivity contribution in [1.29, 1.82) is 0 Å². The SMILES string of the molecule is CON=C(C)c1cnc(Nc2ccc(N3CCOCC3)cc2OC)nc1NN(C(=O)OC(C)(C)C)c1ccccc1. The molecule has 0 unspecified atom stereocenters. The van der Waals surface area contributed by atoms with Crippen molar-refractivity contribution >= 4 is 40.6 Å². The van der Waals surface area contributed by atoms with E-state index >= 15 is 0 Å². The van der Waals surface area contributed by atoms with Gasteiger partial charge in [0.2, 0.25) is 5.95 Å². The second-order valence-corrected chi connectivity index (χ2v) is 10.2. The smallest absolute Gasteiger partial charge is 0.434 e. The van der Waals surface area contributed by atoms with Gasteiger partial charge in [-0.1, -0.05) is 23.4 Å². The predicted octanol–water partition coefficient (Wildman–Crippen LogP) is 5.20. The lowest BCUT2D eigenvalue weighted by molar-refractivity contribution is 0.0589. The van der Waals surface area contributed by atoms with Gasteiger partial charge in [0.25, 0.3) is 0 Å². The Morgan fingerprint density at radius 3 is 2.49 bits per heavy atom. The Bertz CT molecular complexity index is 1360. The van der Waals surface area contributed by atoms with Crippen molar-refractivity contribution in [2.75, 3.05) is 61.2 Å². The molecule has 1 aliphatic rings. The van der Waals surface area contributed by atoms with Gasteiger partial charge in [0, 0.05) is 31.0 Å². The van der Waals surface area contributed by atoms with Crippen LogP contribution >= 0.6 is 0 Å². The molecular formula is C29H37N7O5. The minimum Gasteiger partial charge on any atom is -0.494 e. The van der Waals surface area contributed by atoms with E-state index in [0.717, 1.165) is 18.8 Å². The van der Waals surface area contributed by atoms with Crippen molar-refractivity contribution in [1.82, 2.24) is 9.97 Å². The van der Waals surface area contributed by atoms with E-state index in [4.69, 9.17) is 24.0 Å². The van der Waals surface area contributed by atoms with Gasteiger partial charge in [-0.15, -0.1) is 0 Å². The van der Waals surface area contributed by atoms with Gasteiger partial charge >= 0.3 is 6.09 Å². The topological polar surface area (TPSA) is 123 Å². The van der Waals surface area contributed by atoms with Gasteiger partial charge in [-0.2, -0.15) is 9.99 Å². The molecule has 0 saturated carbocycles. The van der Waals surface area contributed by atoms with E-state index in [2.05, 4.69) is 25.8 Å². The van der Waals surface area contributed by atoms with E-state index in [1.807, 2.05) is 36.4 Å². The van der Waals surface area contributed by atoms with E-state index in [1.165, 1.54) is 12.1 Å². The standard InChI is InChI=1S/C29H37N7O5/c1-20(34-39-6)23-19-30-27(31-24-13-12-22(18-25(24)38-5)35-14-16-40-17-15-35)32-26(23)33-36(21-10-8-7-9-11-21)28(37)41-29(2,3)4/h7-13,18-19H,14-17H2,1-6H3,(H2,30,31,32,33). The number of amides is 1. The highest BCUT2D eigenvalue weighted by Crippen LogP contribution is 2.32. The van der Waals surface area contributed by atoms with E-state index in [1.54, 1.807) is 53.1 Å². The van der Waals surface area contributed by atoms with Crippen LogP contribution < -0.4 is 25.4 Å². The zero-order valence-electron chi connectivity index (χ0n) is 24.3. The fourth-order valence-corrected chi connectivity index (χ4v) is 4.11. The fraction of sp³-hybridized carbons (Fsp3) is 0.379. The molecule has 2 N–H and O–H groups in total. The minimum absolute atomic E-state index is 0.274. The molecular weight excluding hydrogens is 526 g/mol. The molecule has 12 heteroatoms. The molecule has 0 radical (unpaired) electrons. The van der Waals surface area contributed by atoms with E-state index in [-0.39, 0.29) is 5.95 Å². The number of para-hydroxylation sites is 1. The maximum absolute atomic E-state index is 13.3. The van der Waals surface area contributed by atoms with Gasteiger partial charge < -0.3 is 29.3 Å². The average Bonchev–Trinajstić information content (AvgIpc) is 2.96. The molecule has 0 spiro atoms. The summed E-state index contributed by atoms with van der Waals surface area (Å²) >= 11 is 0. The molecule has 3 aromatic rings. The van der Waals surface area contributed by atoms with Crippen LogP contribution in [-0.4, -0.2) is 67.9 Å². The van der Waals surface area contributed by atoms with Crippen LogP contribution in [0.15, 0.2) is 59.9 Å². The first-order valence-electron chi connectivity index (χ1n) is 13.3. The Balaban J connectivity index is 1.68. The summed E-state index contributed by atoms with van der Waals surface area (Å²) in [5.74, 6) is 1.21. The van der Waals surface area contributed by atoms with Crippen molar-refractivity contribution in [3.8, 4) is 5.75 Å². The third kappa shape index (κ3) is 7.76. The number of carbonyl (C=O) groups excluding carboxylic acids is 1. The summed E-state index contributed by atoms with van der Waals surface area (Å²) in [5.41, 5.74) is 5.70. The Kier molecular flexibility index (Phi) is 9.45. The number of rotatable bonds is 9. The number of nitrogens with one attached hydrogen (secondary N) is 2. The second kappa shape index (κ2) is 13.2. The number of oxime groups is 1. The molecule has 1 amide bonds. The van der Waals surface area contributed by atoms with Crippen LogP contribution in [0.4, 0.5) is 33.6 Å². The third-order valence-electron chi connectivity index (χ3n) is 6.02. The number of nitrogens with zero attached hydrogens (tertiary/aromatic N) is 5. The molecule has 2 aromatic carbocycles. The molecule has 218 valence electrons. The van der Waals surface area contributed by atoms with Gasteiger partial charge in [0.1, 0.15) is 18.5 Å². The van der Waals surface area contributed by atoms with E-state index in [9.17, 15) is 4.79 Å². The molecule has 1 saturated heterocycles. The van der Waals surface area contributed by atoms with Crippen molar-refractivity contribution < 1.29 is 23.8 Å². The Morgan fingerprint density at radius 1 is 1.10 bits per heavy atom. The van der Waals surface area contributed by atoms with Crippen molar-refractivity contribution in [2.24, 2.45) is 5.16 Å². The lowest BCUT2D eigenvalue weighted by Crippen LogP contribution is -2.41. The summed E-state index contributed by atoms with van der Waals surface area (Å²) in [5, 5.41) is 8.57. The average molecular weight is 564 g/mol. The Morgan fingerprint density at radius 2 is 1.83 bits per heavy atom. The zero-order chi connectivity index (χ0) is 29.4. The lowest BCUT2D eigenvalue weighted by Gasteiger charge is -2.29. The fourth-order valence-electron chi connectivity index (χ4n) is 4.11. The van der Waals surface area contributed by atoms with E-state index < -0.39 is 11.7 Å². The predicted molar refractivity (Wildman–Crippen MR) is 159 cm³/mol. The molecule has 2 heterocycles. The number of methoxy groups -OCH3 is 1. The molecule has 41 heavy (non-hydrogen) atoms. The van der Waals surface area contributed by atoms with Crippen LogP contribution in [0.25, 0.3) is 0 Å². The molecule has 0 atom stereocenters. The normalized spacial score (nSPS) is 13.8. The van der Waals surface area contributed by atoms with Crippen LogP contribution in [0.3, 0.4) is 0 Å². The third-order valence-corrected chi connectivity index (χ3v) is 6.02. The second-order valence-electron chi connectivity index (χ2n) is 10.2. The van der Waals surface area contributed by atoms with Gasteiger partial charge in [-0.3, -0.25) is 5.43 Å². The van der Waals surface area contributed by atoms with Gasteiger partial charge in [0.05, 0.1) is 43.0 Å². The van der Waals surface area contributed by atoms with Crippen LogP contribution in [-0.2, 0) is 14.3 Å². The Hall–Kier alpha value is -4.58. The van der Waals surface area contributed by atoms with Crippen LogP contribution in [0, 0.1) is 0 Å². The highest BCUT2D eigenvalue weighted by atomic mass is 16.6. The number of hydrogen-bond donors (Lipinski definition) is 2. The minimum atomic E-state index is -0.718. The number of ether oxygens (including phenoxy) is 3. The molecule has 1 aromatic heterocycles. The number of hydrogen-bond acceptors (Lipinski definition) is 11. The van der Waals surface area contributed by atoms with Crippen molar-refractivity contribution in [2.45, 2.75) is 33.3 Å². The maximum atomic E-state index is 13.3. The van der Waals surface area contributed by atoms with Crippen molar-refractivity contribution in [3.05, 3.63) is 60.3 Å². The first-order valence-corrected chi connectivity index (χ1v) is 13.3. The maximum Gasteiger partial charge on any atom is 0.434 e. The highest BCUT2D eigenvalue weighted by molar-refractivity contribution is 6.03. The van der Waals surface area contributed by atoms with E-state index in [0.29, 0.717) is 47.4 Å². The monoisotopic (exact) mass is 563 g/mol. The quantitative estimate of drug-likeness (QED) is 0.265. The number of aromatic nitrogens is 2. The molecule has 4 rings (SSSR count). The van der Waals surface area contributed by atoms with Crippen molar-refractivity contribution in [3.63, 3.8) is 0 Å². The molecule has 0 bridgehead atoms. The molecule has 1 fully saturated rings. The van der Waals surface area contributed by atoms with Crippen LogP contribution in [0.5, 0.6) is 5.75 Å². The number of carbonyl (C=O) groups is 1. The zero-order valence-corrected chi connectivity index (χ0v) is 24.3. The summed E-state index contributed by atoms with van der Waals surface area (Å²) in [6.07, 6.45) is 0.993. The molecule has 1 aliphatic heterocycles. The molecule has 0 aliphatic carbocycles. The lowest BCUT2D eigenvalue weighted by atomic mass is 10.2. The summed E-state index contributed by atoms with van der Waals surface area (Å²) in [4.78, 5) is 29.7. The number of morpholine rings is 1. The number of benzene rings is 2. The first-order chi connectivity index (χ1) is 19.7. The highest BCUT2D eigenvalue weighted by Gasteiger charge is 2.26. The summed E-state index contributed by atoms with van der Waals surface area (Å²) in [6.45, 7) is 10.2.